The zero-order valence-corrected chi connectivity index (χ0v) is 11.8. The summed E-state index contributed by atoms with van der Waals surface area (Å²) in [6, 6.07) is 2.07. The van der Waals surface area contributed by atoms with E-state index in [1.165, 1.54) is 31.4 Å². The van der Waals surface area contributed by atoms with Crippen LogP contribution in [0.4, 0.5) is 11.6 Å². The molecule has 0 aromatic carbocycles. The molecule has 1 aliphatic carbocycles. The minimum absolute atomic E-state index is 0.515. The van der Waals surface area contributed by atoms with Crippen molar-refractivity contribution in [2.75, 3.05) is 12.4 Å². The van der Waals surface area contributed by atoms with Gasteiger partial charge in [0.15, 0.2) is 11.6 Å². The summed E-state index contributed by atoms with van der Waals surface area (Å²) in [6.45, 7) is 1.89. The smallest absolute Gasteiger partial charge is 0.232 e. The summed E-state index contributed by atoms with van der Waals surface area (Å²) in [4.78, 5) is 8.59. The quantitative estimate of drug-likeness (QED) is 0.895. The summed E-state index contributed by atoms with van der Waals surface area (Å²) in [5.41, 5.74) is 2.00. The van der Waals surface area contributed by atoms with E-state index >= 15 is 0 Å². The second kappa shape index (κ2) is 5.48. The molecule has 0 saturated heterocycles. The van der Waals surface area contributed by atoms with Gasteiger partial charge in [-0.15, -0.1) is 0 Å². The molecule has 0 spiro atoms. The van der Waals surface area contributed by atoms with E-state index in [-0.39, 0.29) is 0 Å². The Morgan fingerprint density at radius 1 is 1.35 bits per heavy atom. The molecule has 106 valence electrons. The standard InChI is InChI=1S/C14H19N5O/c1-9-14(15-8-13(16-9)20-2)17-12-7-11(18-19-12)10-5-3-4-6-10/h7-8,10H,3-6H2,1-2H3,(H2,15,17,18,19). The maximum Gasteiger partial charge on any atom is 0.232 e. The number of hydrogen-bond donors (Lipinski definition) is 2. The first kappa shape index (κ1) is 12.9. The van der Waals surface area contributed by atoms with Crippen LogP contribution in [-0.4, -0.2) is 27.3 Å². The van der Waals surface area contributed by atoms with Gasteiger partial charge in [0.1, 0.15) is 0 Å². The number of nitrogens with zero attached hydrogens (tertiary/aromatic N) is 3. The number of methoxy groups -OCH3 is 1. The van der Waals surface area contributed by atoms with E-state index in [4.69, 9.17) is 4.74 Å². The number of ether oxygens (including phenoxy) is 1. The second-order valence-corrected chi connectivity index (χ2v) is 5.16. The molecule has 0 unspecified atom stereocenters. The van der Waals surface area contributed by atoms with Gasteiger partial charge in [-0.25, -0.2) is 9.97 Å². The molecular formula is C14H19N5O. The molecule has 0 atom stereocenters. The minimum atomic E-state index is 0.515. The molecule has 0 radical (unpaired) electrons. The highest BCUT2D eigenvalue weighted by Gasteiger charge is 2.19. The van der Waals surface area contributed by atoms with Crippen molar-refractivity contribution in [1.82, 2.24) is 20.2 Å². The Morgan fingerprint density at radius 2 is 2.15 bits per heavy atom. The predicted molar refractivity (Wildman–Crippen MR) is 76.4 cm³/mol. The van der Waals surface area contributed by atoms with Crippen LogP contribution >= 0.6 is 0 Å². The van der Waals surface area contributed by atoms with Crippen molar-refractivity contribution in [3.63, 3.8) is 0 Å². The van der Waals surface area contributed by atoms with Crippen molar-refractivity contribution in [2.45, 2.75) is 38.5 Å². The van der Waals surface area contributed by atoms with Gasteiger partial charge in [-0.3, -0.25) is 5.10 Å². The van der Waals surface area contributed by atoms with Crippen LogP contribution < -0.4 is 10.1 Å². The third-order valence-electron chi connectivity index (χ3n) is 3.77. The number of aromatic nitrogens is 4. The zero-order valence-electron chi connectivity index (χ0n) is 11.8. The van der Waals surface area contributed by atoms with Crippen LogP contribution in [0.1, 0.15) is 43.0 Å². The third-order valence-corrected chi connectivity index (χ3v) is 3.77. The van der Waals surface area contributed by atoms with Crippen molar-refractivity contribution in [3.05, 3.63) is 23.7 Å². The van der Waals surface area contributed by atoms with E-state index in [1.807, 2.05) is 6.92 Å². The molecule has 0 bridgehead atoms. The number of H-pyrrole nitrogens is 1. The van der Waals surface area contributed by atoms with E-state index in [0.717, 1.165) is 11.5 Å². The first-order chi connectivity index (χ1) is 9.76. The Morgan fingerprint density at radius 3 is 2.85 bits per heavy atom. The summed E-state index contributed by atoms with van der Waals surface area (Å²) in [6.07, 6.45) is 6.73. The third kappa shape index (κ3) is 2.59. The largest absolute Gasteiger partial charge is 0.480 e. The number of anilines is 2. The maximum absolute atomic E-state index is 5.05. The van der Waals surface area contributed by atoms with Crippen LogP contribution in [0.15, 0.2) is 12.3 Å². The number of aryl methyl sites for hydroxylation is 1. The number of hydrogen-bond acceptors (Lipinski definition) is 5. The Balaban J connectivity index is 1.74. The van der Waals surface area contributed by atoms with Gasteiger partial charge < -0.3 is 10.1 Å². The monoisotopic (exact) mass is 273 g/mol. The average Bonchev–Trinajstić information content (AvgIpc) is 3.11. The maximum atomic E-state index is 5.05. The Bertz CT molecular complexity index is 589. The molecule has 2 heterocycles. The number of rotatable bonds is 4. The molecule has 6 heteroatoms. The molecule has 1 aliphatic rings. The lowest BCUT2D eigenvalue weighted by atomic mass is 10.0. The SMILES string of the molecule is COc1cnc(Nc2cc(C3CCCC3)[nH]n2)c(C)n1. The van der Waals surface area contributed by atoms with Crippen LogP contribution in [-0.2, 0) is 0 Å². The fourth-order valence-electron chi connectivity index (χ4n) is 2.65. The predicted octanol–water partition coefficient (Wildman–Crippen LogP) is 2.92. The van der Waals surface area contributed by atoms with E-state index in [0.29, 0.717) is 17.6 Å². The van der Waals surface area contributed by atoms with Gasteiger partial charge in [0.2, 0.25) is 5.88 Å². The zero-order chi connectivity index (χ0) is 13.9. The van der Waals surface area contributed by atoms with Crippen LogP contribution in [0, 0.1) is 6.92 Å². The highest BCUT2D eigenvalue weighted by atomic mass is 16.5. The minimum Gasteiger partial charge on any atom is -0.480 e. The van der Waals surface area contributed by atoms with Gasteiger partial charge in [0.25, 0.3) is 0 Å². The Hall–Kier alpha value is -2.11. The van der Waals surface area contributed by atoms with Crippen molar-refractivity contribution >= 4 is 11.6 Å². The van der Waals surface area contributed by atoms with Crippen molar-refractivity contribution in [2.24, 2.45) is 0 Å². The van der Waals surface area contributed by atoms with Gasteiger partial charge in [-0.1, -0.05) is 12.8 Å². The van der Waals surface area contributed by atoms with E-state index in [9.17, 15) is 0 Å². The lowest BCUT2D eigenvalue weighted by Gasteiger charge is -2.06. The van der Waals surface area contributed by atoms with Gasteiger partial charge in [-0.2, -0.15) is 5.10 Å². The van der Waals surface area contributed by atoms with Gasteiger partial charge in [0, 0.05) is 17.7 Å². The van der Waals surface area contributed by atoms with E-state index < -0.39 is 0 Å². The molecule has 2 aromatic rings. The van der Waals surface area contributed by atoms with E-state index in [2.05, 4.69) is 31.5 Å². The summed E-state index contributed by atoms with van der Waals surface area (Å²) in [5.74, 6) is 2.63. The van der Waals surface area contributed by atoms with Crippen LogP contribution in [0.5, 0.6) is 5.88 Å². The number of nitrogens with one attached hydrogen (secondary N) is 2. The Kier molecular flexibility index (Phi) is 3.54. The van der Waals surface area contributed by atoms with Gasteiger partial charge in [-0.05, 0) is 19.8 Å². The highest BCUT2D eigenvalue weighted by molar-refractivity contribution is 5.54. The van der Waals surface area contributed by atoms with Gasteiger partial charge in [0.05, 0.1) is 19.0 Å². The molecule has 2 N–H and O–H groups in total. The lowest BCUT2D eigenvalue weighted by molar-refractivity contribution is 0.395. The Labute approximate surface area is 118 Å². The molecule has 20 heavy (non-hydrogen) atoms. The lowest BCUT2D eigenvalue weighted by Crippen LogP contribution is -2.00. The molecule has 0 aliphatic heterocycles. The van der Waals surface area contributed by atoms with Crippen LogP contribution in [0.3, 0.4) is 0 Å². The molecule has 1 fully saturated rings. The average molecular weight is 273 g/mol. The number of aromatic amines is 1. The van der Waals surface area contributed by atoms with Gasteiger partial charge >= 0.3 is 0 Å². The normalized spacial score (nSPS) is 15.5. The van der Waals surface area contributed by atoms with Crippen LogP contribution in [0.25, 0.3) is 0 Å². The summed E-state index contributed by atoms with van der Waals surface area (Å²) >= 11 is 0. The van der Waals surface area contributed by atoms with E-state index in [1.54, 1.807) is 13.3 Å². The first-order valence-corrected chi connectivity index (χ1v) is 6.96. The first-order valence-electron chi connectivity index (χ1n) is 6.96. The fourth-order valence-corrected chi connectivity index (χ4v) is 2.65. The highest BCUT2D eigenvalue weighted by Crippen LogP contribution is 2.34. The second-order valence-electron chi connectivity index (χ2n) is 5.16. The molecule has 1 saturated carbocycles. The van der Waals surface area contributed by atoms with Crippen molar-refractivity contribution in [1.29, 1.82) is 0 Å². The summed E-state index contributed by atoms with van der Waals surface area (Å²) in [7, 11) is 1.58. The summed E-state index contributed by atoms with van der Waals surface area (Å²) in [5, 5.41) is 10.6. The molecule has 3 rings (SSSR count). The topological polar surface area (TPSA) is 75.7 Å². The molecule has 6 nitrogen and oxygen atoms in total. The molecule has 0 amide bonds. The van der Waals surface area contributed by atoms with Crippen molar-refractivity contribution < 1.29 is 4.74 Å². The summed E-state index contributed by atoms with van der Waals surface area (Å²) < 4.78 is 5.05. The molecular weight excluding hydrogens is 254 g/mol. The van der Waals surface area contributed by atoms with Crippen LogP contribution in [0.2, 0.25) is 0 Å². The fraction of sp³-hybridized carbons (Fsp3) is 0.500. The molecule has 2 aromatic heterocycles. The van der Waals surface area contributed by atoms with Crippen molar-refractivity contribution in [3.8, 4) is 5.88 Å².